The quantitative estimate of drug-likeness (QED) is 0.480. The van der Waals surface area contributed by atoms with Gasteiger partial charge in [0.1, 0.15) is 0 Å². The van der Waals surface area contributed by atoms with E-state index in [2.05, 4.69) is 10.2 Å². The lowest BCUT2D eigenvalue weighted by Gasteiger charge is -1.98. The molecule has 0 aliphatic rings. The van der Waals surface area contributed by atoms with Crippen molar-refractivity contribution >= 4 is 28.3 Å². The molecule has 6 nitrogen and oxygen atoms in total. The second-order valence-electron chi connectivity index (χ2n) is 3.12. The smallest absolute Gasteiger partial charge is 0.278 e. The molecule has 1 aromatic carbocycles. The second-order valence-corrected chi connectivity index (χ2v) is 4.04. The highest BCUT2D eigenvalue weighted by Gasteiger charge is 2.13. The number of halogens is 1. The summed E-state index contributed by atoms with van der Waals surface area (Å²) in [6.07, 6.45) is 0. The number of hydrogen-bond donors (Lipinski definition) is 0. The third-order valence-corrected chi connectivity index (χ3v) is 2.48. The van der Waals surface area contributed by atoms with E-state index in [1.165, 1.54) is 6.07 Å². The average molecular weight is 331 g/mol. The Morgan fingerprint density at radius 1 is 1.44 bits per heavy atom. The molecule has 0 atom stereocenters. The van der Waals surface area contributed by atoms with Crippen LogP contribution in [0.25, 0.3) is 11.5 Å². The fourth-order valence-corrected chi connectivity index (χ4v) is 1.63. The van der Waals surface area contributed by atoms with Crippen LogP contribution < -0.4 is 0 Å². The summed E-state index contributed by atoms with van der Waals surface area (Å²) in [5.41, 5.74) is 1.33. The SMILES string of the molecule is Cc1cc(-c2nnc(I)o2)ccc1[N+](=O)[O-]. The van der Waals surface area contributed by atoms with Crippen molar-refractivity contribution in [1.29, 1.82) is 0 Å². The van der Waals surface area contributed by atoms with Crippen LogP contribution in [0.2, 0.25) is 0 Å². The fourth-order valence-electron chi connectivity index (χ4n) is 1.32. The molecule has 0 aliphatic heterocycles. The molecule has 7 heteroatoms. The van der Waals surface area contributed by atoms with Gasteiger partial charge in [-0.15, -0.1) is 10.2 Å². The number of benzene rings is 1. The van der Waals surface area contributed by atoms with Crippen LogP contribution in [0.5, 0.6) is 0 Å². The molecule has 0 unspecified atom stereocenters. The Kier molecular flexibility index (Phi) is 2.86. The monoisotopic (exact) mass is 331 g/mol. The highest BCUT2D eigenvalue weighted by atomic mass is 127. The van der Waals surface area contributed by atoms with E-state index in [0.717, 1.165) is 0 Å². The molecule has 0 radical (unpaired) electrons. The fraction of sp³-hybridized carbons (Fsp3) is 0.111. The summed E-state index contributed by atoms with van der Waals surface area (Å²) in [6, 6.07) is 4.68. The predicted octanol–water partition coefficient (Wildman–Crippen LogP) is 2.56. The van der Waals surface area contributed by atoms with Gasteiger partial charge in [-0.05, 0) is 19.1 Å². The number of aromatic nitrogens is 2. The van der Waals surface area contributed by atoms with Gasteiger partial charge in [-0.25, -0.2) is 0 Å². The first-order valence-corrected chi connectivity index (χ1v) is 5.40. The molecule has 0 fully saturated rings. The van der Waals surface area contributed by atoms with E-state index in [1.54, 1.807) is 19.1 Å². The summed E-state index contributed by atoms with van der Waals surface area (Å²) in [6.45, 7) is 1.67. The third-order valence-electron chi connectivity index (χ3n) is 2.04. The van der Waals surface area contributed by atoms with Crippen molar-refractivity contribution in [2.75, 3.05) is 0 Å². The Morgan fingerprint density at radius 2 is 2.19 bits per heavy atom. The largest absolute Gasteiger partial charge is 0.412 e. The summed E-state index contributed by atoms with van der Waals surface area (Å²) in [7, 11) is 0. The van der Waals surface area contributed by atoms with Crippen LogP contribution in [0.3, 0.4) is 0 Å². The standard InChI is InChI=1S/C9H6IN3O3/c1-5-4-6(2-3-7(5)13(14)15)8-11-12-9(10)16-8/h2-4H,1H3. The number of nitro benzene ring substituents is 1. The van der Waals surface area contributed by atoms with Gasteiger partial charge in [0.15, 0.2) is 0 Å². The van der Waals surface area contributed by atoms with Gasteiger partial charge in [-0.1, -0.05) is 0 Å². The van der Waals surface area contributed by atoms with Crippen molar-refractivity contribution in [3.63, 3.8) is 0 Å². The second kappa shape index (κ2) is 4.16. The van der Waals surface area contributed by atoms with Gasteiger partial charge in [0.25, 0.3) is 9.58 Å². The van der Waals surface area contributed by atoms with Gasteiger partial charge in [0.05, 0.1) is 4.92 Å². The van der Waals surface area contributed by atoms with Gasteiger partial charge < -0.3 is 4.42 Å². The van der Waals surface area contributed by atoms with Gasteiger partial charge in [-0.2, -0.15) is 0 Å². The summed E-state index contributed by atoms with van der Waals surface area (Å²) >= 11 is 1.90. The molecule has 0 spiro atoms. The van der Waals surface area contributed by atoms with Gasteiger partial charge in [-0.3, -0.25) is 10.1 Å². The molecule has 1 aromatic heterocycles. The molecule has 1 heterocycles. The van der Waals surface area contributed by atoms with Crippen LogP contribution in [0.1, 0.15) is 5.56 Å². The van der Waals surface area contributed by atoms with E-state index < -0.39 is 4.92 Å². The first kappa shape index (κ1) is 11.0. The minimum atomic E-state index is -0.420. The maximum Gasteiger partial charge on any atom is 0.278 e. The van der Waals surface area contributed by atoms with Crippen molar-refractivity contribution in [3.05, 3.63) is 37.8 Å². The number of nitrogens with zero attached hydrogens (tertiary/aromatic N) is 3. The van der Waals surface area contributed by atoms with Crippen molar-refractivity contribution < 1.29 is 9.34 Å². The molecule has 82 valence electrons. The predicted molar refractivity (Wildman–Crippen MR) is 63.8 cm³/mol. The Morgan fingerprint density at radius 3 is 2.69 bits per heavy atom. The van der Waals surface area contributed by atoms with E-state index in [-0.39, 0.29) is 5.69 Å². The lowest BCUT2D eigenvalue weighted by atomic mass is 10.1. The summed E-state index contributed by atoms with van der Waals surface area (Å²) in [5.74, 6) is 0.363. The van der Waals surface area contributed by atoms with Crippen LogP contribution in [0, 0.1) is 20.9 Å². The lowest BCUT2D eigenvalue weighted by Crippen LogP contribution is -1.91. The molecule has 0 saturated carbocycles. The first-order valence-electron chi connectivity index (χ1n) is 4.32. The molecule has 2 aromatic rings. The molecule has 0 aliphatic carbocycles. The minimum absolute atomic E-state index is 0.0814. The summed E-state index contributed by atoms with van der Waals surface area (Å²) in [5, 5.41) is 18.2. The van der Waals surface area contributed by atoms with Gasteiger partial charge in [0, 0.05) is 39.8 Å². The molecule has 0 saturated heterocycles. The van der Waals surface area contributed by atoms with Crippen LogP contribution in [-0.2, 0) is 0 Å². The normalized spacial score (nSPS) is 10.4. The molecule has 16 heavy (non-hydrogen) atoms. The zero-order chi connectivity index (χ0) is 11.7. The van der Waals surface area contributed by atoms with Crippen molar-refractivity contribution in [3.8, 4) is 11.5 Å². The Labute approximate surface area is 104 Å². The average Bonchev–Trinajstić information content (AvgIpc) is 2.64. The first-order chi connectivity index (χ1) is 7.58. The Balaban J connectivity index is 2.45. The minimum Gasteiger partial charge on any atom is -0.412 e. The number of nitro groups is 1. The molecular weight excluding hydrogens is 325 g/mol. The van der Waals surface area contributed by atoms with Crippen LogP contribution in [0.4, 0.5) is 5.69 Å². The van der Waals surface area contributed by atoms with Crippen LogP contribution >= 0.6 is 22.6 Å². The third kappa shape index (κ3) is 2.03. The number of rotatable bonds is 2. The van der Waals surface area contributed by atoms with Crippen molar-refractivity contribution in [2.45, 2.75) is 6.92 Å². The molecule has 0 bridgehead atoms. The highest BCUT2D eigenvalue weighted by molar-refractivity contribution is 14.1. The summed E-state index contributed by atoms with van der Waals surface area (Å²) in [4.78, 5) is 10.2. The Hall–Kier alpha value is -1.51. The highest BCUT2D eigenvalue weighted by Crippen LogP contribution is 2.25. The van der Waals surface area contributed by atoms with Gasteiger partial charge in [0.2, 0.25) is 5.89 Å². The Bertz CT molecular complexity index is 553. The topological polar surface area (TPSA) is 82.1 Å². The van der Waals surface area contributed by atoms with Crippen molar-refractivity contribution in [1.82, 2.24) is 10.2 Å². The van der Waals surface area contributed by atoms with Crippen molar-refractivity contribution in [2.24, 2.45) is 0 Å². The zero-order valence-electron chi connectivity index (χ0n) is 8.18. The number of hydrogen-bond acceptors (Lipinski definition) is 5. The van der Waals surface area contributed by atoms with E-state index in [0.29, 0.717) is 20.9 Å². The van der Waals surface area contributed by atoms with Crippen LogP contribution in [-0.4, -0.2) is 15.1 Å². The van der Waals surface area contributed by atoms with E-state index in [4.69, 9.17) is 4.42 Å². The summed E-state index contributed by atoms with van der Waals surface area (Å²) < 4.78 is 5.65. The number of aryl methyl sites for hydroxylation is 1. The maximum absolute atomic E-state index is 10.6. The lowest BCUT2D eigenvalue weighted by molar-refractivity contribution is -0.385. The van der Waals surface area contributed by atoms with E-state index >= 15 is 0 Å². The molecule has 0 N–H and O–H groups in total. The molecule has 0 amide bonds. The molecular formula is C9H6IN3O3. The maximum atomic E-state index is 10.6. The zero-order valence-corrected chi connectivity index (χ0v) is 10.3. The van der Waals surface area contributed by atoms with Gasteiger partial charge >= 0.3 is 0 Å². The van der Waals surface area contributed by atoms with E-state index in [9.17, 15) is 10.1 Å². The molecule has 2 rings (SSSR count). The van der Waals surface area contributed by atoms with E-state index in [1.807, 2.05) is 22.6 Å². The van der Waals surface area contributed by atoms with Crippen LogP contribution in [0.15, 0.2) is 22.6 Å².